The minimum Gasteiger partial charge on any atom is -0.457 e. The van der Waals surface area contributed by atoms with Gasteiger partial charge in [0.15, 0.2) is 25.0 Å². The molecular formula is C18H44O5Si5. The first-order chi connectivity index (χ1) is 12.2. The van der Waals surface area contributed by atoms with Crippen molar-refractivity contribution in [2.75, 3.05) is 0 Å². The zero-order valence-electron chi connectivity index (χ0n) is 20.3. The molecule has 166 valence electrons. The molecule has 10 heteroatoms. The number of carbonyl (C=O) groups is 1. The van der Waals surface area contributed by atoms with Gasteiger partial charge in [0, 0.05) is 5.57 Å². The van der Waals surface area contributed by atoms with Gasteiger partial charge in [0.05, 0.1) is 0 Å². The summed E-state index contributed by atoms with van der Waals surface area (Å²) in [5, 5.41) is -0.604. The van der Waals surface area contributed by atoms with Crippen molar-refractivity contribution >= 4 is 49.2 Å². The molecule has 0 aromatic rings. The molecular weight excluding hydrogens is 437 g/mol. The molecule has 0 N–H and O–H groups in total. The Bertz CT molecular complexity index is 520. The highest BCUT2D eigenvalue weighted by Crippen LogP contribution is 2.28. The van der Waals surface area contributed by atoms with Crippen LogP contribution in [-0.2, 0) is 21.9 Å². The average Bonchev–Trinajstić information content (AvgIpc) is 2.39. The van der Waals surface area contributed by atoms with E-state index in [1.54, 1.807) is 6.92 Å². The predicted molar refractivity (Wildman–Crippen MR) is 132 cm³/mol. The lowest BCUT2D eigenvalue weighted by Gasteiger charge is -2.39. The monoisotopic (exact) mass is 480 g/mol. The number of carbonyl (C=O) groups excluding carboxylic acids is 1. The number of hydrogen-bond acceptors (Lipinski definition) is 5. The van der Waals surface area contributed by atoms with Gasteiger partial charge < -0.3 is 17.1 Å². The Hall–Kier alpha value is 0.174. The maximum Gasteiger partial charge on any atom is 0.333 e. The van der Waals surface area contributed by atoms with Gasteiger partial charge in [0.1, 0.15) is 5.22 Å². The van der Waals surface area contributed by atoms with Crippen LogP contribution in [0.25, 0.3) is 0 Å². The molecule has 0 amide bonds. The zero-order valence-corrected chi connectivity index (χ0v) is 25.6. The van der Waals surface area contributed by atoms with Crippen molar-refractivity contribution in [2.45, 2.75) is 97.0 Å². The van der Waals surface area contributed by atoms with Crippen LogP contribution in [0.15, 0.2) is 12.2 Å². The lowest BCUT2D eigenvalue weighted by Crippen LogP contribution is -2.52. The fraction of sp³-hybridized carbons (Fsp3) is 0.833. The maximum atomic E-state index is 12.3. The minimum atomic E-state index is -1.86. The summed E-state index contributed by atoms with van der Waals surface area (Å²) in [4.78, 5) is 12.3. The number of hydrogen-bond donors (Lipinski definition) is 0. The second-order valence-corrected chi connectivity index (χ2v) is 30.2. The molecule has 0 aliphatic carbocycles. The van der Waals surface area contributed by atoms with Gasteiger partial charge in [-0.15, -0.1) is 0 Å². The topological polar surface area (TPSA) is 54.0 Å². The van der Waals surface area contributed by atoms with Crippen molar-refractivity contribution in [2.24, 2.45) is 0 Å². The van der Waals surface area contributed by atoms with E-state index in [0.717, 1.165) is 12.5 Å². The lowest BCUT2D eigenvalue weighted by molar-refractivity contribution is -0.147. The Balaban J connectivity index is 5.52. The van der Waals surface area contributed by atoms with Crippen LogP contribution in [-0.4, -0.2) is 54.5 Å². The van der Waals surface area contributed by atoms with Crippen LogP contribution in [0.1, 0.15) is 20.3 Å². The summed E-state index contributed by atoms with van der Waals surface area (Å²) in [6, 6.07) is 0.820. The highest BCUT2D eigenvalue weighted by atomic mass is 28.4. The molecule has 0 saturated carbocycles. The molecule has 0 fully saturated rings. The van der Waals surface area contributed by atoms with E-state index in [-0.39, 0.29) is 5.97 Å². The van der Waals surface area contributed by atoms with E-state index >= 15 is 0 Å². The molecule has 0 heterocycles. The molecule has 0 aliphatic heterocycles. The first kappa shape index (κ1) is 28.2. The maximum absolute atomic E-state index is 12.3. The van der Waals surface area contributed by atoms with Crippen molar-refractivity contribution in [3.8, 4) is 0 Å². The number of ether oxygens (including phenoxy) is 1. The van der Waals surface area contributed by atoms with Gasteiger partial charge in [0.25, 0.3) is 0 Å². The zero-order chi connectivity index (χ0) is 22.6. The minimum absolute atomic E-state index is 0.337. The van der Waals surface area contributed by atoms with Crippen molar-refractivity contribution < 1.29 is 21.9 Å². The quantitative estimate of drug-likeness (QED) is 0.225. The molecule has 5 nitrogen and oxygen atoms in total. The predicted octanol–water partition coefficient (Wildman–Crippen LogP) is 4.92. The Kier molecular flexibility index (Phi) is 10.5. The van der Waals surface area contributed by atoms with E-state index in [1.165, 1.54) is 0 Å². The van der Waals surface area contributed by atoms with E-state index in [9.17, 15) is 4.79 Å². The third-order valence-electron chi connectivity index (χ3n) is 3.91. The van der Waals surface area contributed by atoms with E-state index in [0.29, 0.717) is 5.57 Å². The smallest absolute Gasteiger partial charge is 0.333 e. The Morgan fingerprint density at radius 3 is 1.61 bits per heavy atom. The summed E-state index contributed by atoms with van der Waals surface area (Å²) < 4.78 is 25.3. The number of esters is 1. The second kappa shape index (κ2) is 10.5. The summed E-state index contributed by atoms with van der Waals surface area (Å²) in [5.41, 5.74) is 0.422. The first-order valence-corrected chi connectivity index (χ1v) is 24.4. The molecule has 2 atom stereocenters. The molecule has 0 spiro atoms. The van der Waals surface area contributed by atoms with Gasteiger partial charge in [-0.05, 0) is 91.8 Å². The summed E-state index contributed by atoms with van der Waals surface area (Å²) in [6.45, 7) is 29.3. The van der Waals surface area contributed by atoms with Crippen molar-refractivity contribution in [1.82, 2.24) is 0 Å². The van der Waals surface area contributed by atoms with Gasteiger partial charge in [-0.2, -0.15) is 0 Å². The molecule has 0 aliphatic rings. The summed E-state index contributed by atoms with van der Waals surface area (Å²) in [6.07, 6.45) is 0.718. The Labute approximate surface area is 180 Å². The first-order valence-electron chi connectivity index (χ1n) is 10.2. The normalized spacial score (nSPS) is 16.6. The van der Waals surface area contributed by atoms with Crippen molar-refractivity contribution in [1.29, 1.82) is 0 Å². The summed E-state index contributed by atoms with van der Waals surface area (Å²) in [5.74, 6) is -0.337. The highest BCUT2D eigenvalue weighted by Gasteiger charge is 2.41. The Morgan fingerprint density at radius 1 is 0.893 bits per heavy atom. The SMILES string of the molecule is C=C(C)C(=O)OC(C)(CC[SiH](O[Si](C)(C)C)O[Si](C)(C)C)[SiH](C)O[Si](C)(C)C. The van der Waals surface area contributed by atoms with Crippen LogP contribution in [0, 0.1) is 0 Å². The molecule has 0 saturated heterocycles. The van der Waals surface area contributed by atoms with Gasteiger partial charge >= 0.3 is 15.3 Å². The van der Waals surface area contributed by atoms with Crippen molar-refractivity contribution in [3.05, 3.63) is 12.2 Å². The van der Waals surface area contributed by atoms with E-state index in [4.69, 9.17) is 17.1 Å². The average molecular weight is 481 g/mol. The molecule has 28 heavy (non-hydrogen) atoms. The van der Waals surface area contributed by atoms with Crippen LogP contribution < -0.4 is 0 Å². The van der Waals surface area contributed by atoms with Gasteiger partial charge in [-0.25, -0.2) is 4.79 Å². The Morgan fingerprint density at radius 2 is 1.29 bits per heavy atom. The summed E-state index contributed by atoms with van der Waals surface area (Å²) >= 11 is 0. The molecule has 2 unspecified atom stereocenters. The van der Waals surface area contributed by atoms with Crippen LogP contribution >= 0.6 is 0 Å². The molecule has 0 rings (SSSR count). The fourth-order valence-corrected chi connectivity index (χ4v) is 17.7. The van der Waals surface area contributed by atoms with Crippen LogP contribution in [0.5, 0.6) is 0 Å². The van der Waals surface area contributed by atoms with Gasteiger partial charge in [-0.3, -0.25) is 0 Å². The van der Waals surface area contributed by atoms with Crippen LogP contribution in [0.2, 0.25) is 71.5 Å². The second-order valence-electron chi connectivity index (χ2n) is 10.8. The standard InChI is InChI=1S/C18H44O5Si5/c1-16(2)17(19)20-18(3,24(4)21-26(5,6)7)14-15-25(22-27(8,9)10)23-28(11,12)13/h24-25H,1,14-15H2,2-13H3. The van der Waals surface area contributed by atoms with Gasteiger partial charge in [-0.1, -0.05) is 6.58 Å². The van der Waals surface area contributed by atoms with E-state index in [1.807, 2.05) is 6.92 Å². The number of rotatable bonds is 12. The van der Waals surface area contributed by atoms with Crippen LogP contribution in [0.3, 0.4) is 0 Å². The largest absolute Gasteiger partial charge is 0.457 e. The van der Waals surface area contributed by atoms with Crippen molar-refractivity contribution in [3.63, 3.8) is 0 Å². The van der Waals surface area contributed by atoms with E-state index in [2.05, 4.69) is 72.0 Å². The third kappa shape index (κ3) is 12.7. The lowest BCUT2D eigenvalue weighted by atomic mass is 10.3. The molecule has 0 bridgehead atoms. The van der Waals surface area contributed by atoms with Crippen LogP contribution in [0.4, 0.5) is 0 Å². The molecule has 0 aromatic carbocycles. The molecule has 0 aromatic heterocycles. The summed E-state index contributed by atoms with van der Waals surface area (Å²) in [7, 11) is -8.81. The van der Waals surface area contributed by atoms with Gasteiger partial charge in [0.2, 0.25) is 9.04 Å². The highest BCUT2D eigenvalue weighted by molar-refractivity contribution is 6.81. The fourth-order valence-electron chi connectivity index (χ4n) is 2.63. The molecule has 0 radical (unpaired) electrons. The van der Waals surface area contributed by atoms with E-state index < -0.39 is 48.5 Å². The third-order valence-corrected chi connectivity index (χ3v) is 18.8.